The van der Waals surface area contributed by atoms with Gasteiger partial charge in [-0.25, -0.2) is 9.97 Å². The standard InChI is InChI=1S/C47H32N3OP/c51-52(32-18-6-2-7-19-32,33-20-8-3-9-21-33)42-28-14-27-40(49-42)39-30-41-43(38-26-15-29-48-47(38)39)44-36-24-12-10-22-34(36)35-23-11-13-25-37(35)45(44)46(50-41)31-16-4-1-5-17-31/h1-8,10-20,22-30H,9,21H2. The molecule has 0 fully saturated rings. The van der Waals surface area contributed by atoms with E-state index in [-0.39, 0.29) is 0 Å². The average Bonchev–Trinajstić information content (AvgIpc) is 3.23. The number of nitrogens with zero attached hydrogens (tertiary/aromatic N) is 3. The summed E-state index contributed by atoms with van der Waals surface area (Å²) in [7, 11) is -3.22. The number of hydrogen-bond acceptors (Lipinski definition) is 4. The van der Waals surface area contributed by atoms with Crippen molar-refractivity contribution in [2.75, 3.05) is 0 Å². The lowest BCUT2D eigenvalue weighted by Gasteiger charge is -2.23. The van der Waals surface area contributed by atoms with Crippen LogP contribution in [0.1, 0.15) is 12.8 Å². The van der Waals surface area contributed by atoms with E-state index >= 15 is 4.57 Å². The Labute approximate surface area is 301 Å². The van der Waals surface area contributed by atoms with Crippen molar-refractivity contribution in [2.24, 2.45) is 0 Å². The highest BCUT2D eigenvalue weighted by Gasteiger charge is 2.33. The fourth-order valence-corrected chi connectivity index (χ4v) is 10.9. The van der Waals surface area contributed by atoms with Gasteiger partial charge in [-0.2, -0.15) is 0 Å². The molecule has 4 nitrogen and oxygen atoms in total. The Morgan fingerprint density at radius 3 is 1.98 bits per heavy atom. The van der Waals surface area contributed by atoms with Gasteiger partial charge in [0.1, 0.15) is 5.44 Å². The Bertz CT molecular complexity index is 2990. The number of aromatic nitrogens is 3. The van der Waals surface area contributed by atoms with Crippen LogP contribution in [0.4, 0.5) is 0 Å². The Hall–Kier alpha value is -6.22. The highest BCUT2D eigenvalue weighted by Crippen LogP contribution is 2.54. The Morgan fingerprint density at radius 2 is 1.25 bits per heavy atom. The quantitative estimate of drug-likeness (QED) is 0.134. The summed E-state index contributed by atoms with van der Waals surface area (Å²) in [6.07, 6.45) is 9.60. The summed E-state index contributed by atoms with van der Waals surface area (Å²) >= 11 is 0. The van der Waals surface area contributed by atoms with Gasteiger partial charge in [0.2, 0.25) is 0 Å². The van der Waals surface area contributed by atoms with Gasteiger partial charge in [-0.15, -0.1) is 0 Å². The van der Waals surface area contributed by atoms with Gasteiger partial charge in [0.05, 0.1) is 22.4 Å². The molecular formula is C47H32N3OP. The van der Waals surface area contributed by atoms with Crippen LogP contribution >= 0.6 is 7.14 Å². The van der Waals surface area contributed by atoms with Crippen molar-refractivity contribution >= 4 is 72.0 Å². The number of benzene rings is 6. The predicted molar refractivity (Wildman–Crippen MR) is 218 cm³/mol. The molecule has 1 aliphatic rings. The average molecular weight is 686 g/mol. The van der Waals surface area contributed by atoms with E-state index in [0.29, 0.717) is 5.44 Å². The van der Waals surface area contributed by atoms with Crippen molar-refractivity contribution in [1.82, 2.24) is 15.0 Å². The first-order valence-corrected chi connectivity index (χ1v) is 19.4. The first kappa shape index (κ1) is 30.6. The van der Waals surface area contributed by atoms with E-state index in [1.165, 1.54) is 21.5 Å². The number of hydrogen-bond donors (Lipinski definition) is 0. The van der Waals surface area contributed by atoms with Gasteiger partial charge in [0.15, 0.2) is 7.14 Å². The van der Waals surface area contributed by atoms with Crippen molar-refractivity contribution in [1.29, 1.82) is 0 Å². The van der Waals surface area contributed by atoms with Crippen LogP contribution in [-0.4, -0.2) is 15.0 Å². The maximum atomic E-state index is 15.4. The van der Waals surface area contributed by atoms with Crippen molar-refractivity contribution in [3.05, 3.63) is 175 Å². The van der Waals surface area contributed by atoms with E-state index in [0.717, 1.165) is 78.6 Å². The van der Waals surface area contributed by atoms with E-state index < -0.39 is 7.14 Å². The van der Waals surface area contributed by atoms with Gasteiger partial charge in [-0.1, -0.05) is 140 Å². The lowest BCUT2D eigenvalue weighted by atomic mass is 9.88. The molecule has 246 valence electrons. The minimum Gasteiger partial charge on any atom is -0.307 e. The van der Waals surface area contributed by atoms with Crippen LogP contribution in [-0.2, 0) is 4.57 Å². The molecule has 0 aliphatic heterocycles. The second-order valence-corrected chi connectivity index (χ2v) is 16.1. The fourth-order valence-electron chi connectivity index (χ4n) is 8.10. The molecule has 0 bridgehead atoms. The van der Waals surface area contributed by atoms with Crippen LogP contribution in [0.2, 0.25) is 0 Å². The zero-order valence-corrected chi connectivity index (χ0v) is 29.2. The highest BCUT2D eigenvalue weighted by molar-refractivity contribution is 7.82. The first-order valence-electron chi connectivity index (χ1n) is 17.7. The van der Waals surface area contributed by atoms with E-state index in [4.69, 9.17) is 15.0 Å². The van der Waals surface area contributed by atoms with Crippen LogP contribution in [0.5, 0.6) is 0 Å². The van der Waals surface area contributed by atoms with E-state index in [1.807, 2.05) is 79.0 Å². The topological polar surface area (TPSA) is 55.7 Å². The summed E-state index contributed by atoms with van der Waals surface area (Å²) in [6.45, 7) is 0. The Morgan fingerprint density at radius 1 is 0.577 bits per heavy atom. The van der Waals surface area contributed by atoms with Gasteiger partial charge in [-0.3, -0.25) is 4.98 Å². The van der Waals surface area contributed by atoms with Crippen LogP contribution in [0.15, 0.2) is 175 Å². The number of fused-ring (bicyclic) bond motifs is 10. The normalized spacial score (nSPS) is 14.3. The summed E-state index contributed by atoms with van der Waals surface area (Å²) < 4.78 is 15.4. The molecule has 52 heavy (non-hydrogen) atoms. The molecule has 6 aromatic carbocycles. The molecule has 0 N–H and O–H groups in total. The fraction of sp³-hybridized carbons (Fsp3) is 0.0426. The highest BCUT2D eigenvalue weighted by atomic mass is 31.2. The van der Waals surface area contributed by atoms with E-state index in [9.17, 15) is 0 Å². The summed E-state index contributed by atoms with van der Waals surface area (Å²) in [6, 6.07) is 49.8. The van der Waals surface area contributed by atoms with Crippen LogP contribution in [0.3, 0.4) is 0 Å². The van der Waals surface area contributed by atoms with Crippen molar-refractivity contribution in [3.8, 4) is 22.5 Å². The molecule has 0 saturated heterocycles. The minimum atomic E-state index is -3.22. The van der Waals surface area contributed by atoms with Gasteiger partial charge >= 0.3 is 0 Å². The second kappa shape index (κ2) is 12.2. The van der Waals surface area contributed by atoms with Crippen molar-refractivity contribution < 1.29 is 4.57 Å². The number of rotatable bonds is 5. The maximum absolute atomic E-state index is 15.4. The molecule has 0 radical (unpaired) electrons. The summed E-state index contributed by atoms with van der Waals surface area (Å²) in [5.74, 6) is 0. The SMILES string of the molecule is O=P(C1=CC=CCC1)(c1ccccc1)c1cccc(-c2cc3nc(-c4ccccc4)c4c5ccccc5c5ccccc5c4c3c3cccnc23)n1. The molecule has 1 atom stereocenters. The zero-order valence-electron chi connectivity index (χ0n) is 28.3. The summed E-state index contributed by atoms with van der Waals surface area (Å²) in [5.41, 5.74) is 5.85. The Balaban J connectivity index is 1.32. The molecular weight excluding hydrogens is 654 g/mol. The lowest BCUT2D eigenvalue weighted by Crippen LogP contribution is -2.21. The summed E-state index contributed by atoms with van der Waals surface area (Å²) in [5, 5.41) is 10.8. The number of pyridine rings is 3. The van der Waals surface area contributed by atoms with Crippen LogP contribution in [0.25, 0.3) is 76.6 Å². The monoisotopic (exact) mass is 685 g/mol. The summed E-state index contributed by atoms with van der Waals surface area (Å²) in [4.78, 5) is 15.8. The van der Waals surface area contributed by atoms with Gasteiger partial charge in [0, 0.05) is 44.2 Å². The molecule has 1 aliphatic carbocycles. The largest absolute Gasteiger partial charge is 0.307 e. The zero-order chi connectivity index (χ0) is 34.6. The van der Waals surface area contributed by atoms with Gasteiger partial charge in [-0.05, 0) is 64.0 Å². The first-order chi connectivity index (χ1) is 25.7. The molecule has 1 unspecified atom stereocenters. The third-order valence-corrected chi connectivity index (χ3v) is 13.5. The minimum absolute atomic E-state index is 0.579. The molecule has 5 heteroatoms. The molecule has 0 spiro atoms. The predicted octanol–water partition coefficient (Wildman–Crippen LogP) is 11.5. The molecule has 3 heterocycles. The lowest BCUT2D eigenvalue weighted by molar-refractivity contribution is 0.589. The molecule has 0 saturated carbocycles. The van der Waals surface area contributed by atoms with Crippen molar-refractivity contribution in [2.45, 2.75) is 12.8 Å². The third-order valence-electron chi connectivity index (χ3n) is 10.4. The van der Waals surface area contributed by atoms with Gasteiger partial charge in [0.25, 0.3) is 0 Å². The molecule has 3 aromatic heterocycles. The smallest absolute Gasteiger partial charge is 0.184 e. The number of allylic oxidation sites excluding steroid dienone is 4. The Kier molecular flexibility index (Phi) is 7.19. The molecule has 9 aromatic rings. The molecule has 0 amide bonds. The van der Waals surface area contributed by atoms with E-state index in [1.54, 1.807) is 0 Å². The van der Waals surface area contributed by atoms with Crippen molar-refractivity contribution in [3.63, 3.8) is 0 Å². The van der Waals surface area contributed by atoms with Crippen LogP contribution in [0, 0.1) is 0 Å². The maximum Gasteiger partial charge on any atom is 0.184 e. The molecule has 10 rings (SSSR count). The third kappa shape index (κ3) is 4.68. The van der Waals surface area contributed by atoms with Gasteiger partial charge < -0.3 is 4.57 Å². The second-order valence-electron chi connectivity index (χ2n) is 13.3. The van der Waals surface area contributed by atoms with Crippen LogP contribution < -0.4 is 10.7 Å². The van der Waals surface area contributed by atoms with E-state index in [2.05, 4.69) is 91.0 Å².